The average molecular weight is 182 g/mol. The average Bonchev–Trinajstić information content (AvgIpc) is 2.99. The van der Waals surface area contributed by atoms with Gasteiger partial charge in [0.15, 0.2) is 0 Å². The molecule has 1 unspecified atom stereocenters. The van der Waals surface area contributed by atoms with Gasteiger partial charge in [0.25, 0.3) is 0 Å². The molecule has 0 radical (unpaired) electrons. The van der Waals surface area contributed by atoms with E-state index in [1.165, 1.54) is 45.2 Å². The third-order valence-corrected chi connectivity index (χ3v) is 3.97. The van der Waals surface area contributed by atoms with Crippen molar-refractivity contribution in [1.29, 1.82) is 0 Å². The van der Waals surface area contributed by atoms with Crippen LogP contribution in [0, 0.1) is 5.92 Å². The lowest BCUT2D eigenvalue weighted by molar-refractivity contribution is 0.110. The largest absolute Gasteiger partial charge is 0.329 e. The molecule has 0 spiro atoms. The fourth-order valence-corrected chi connectivity index (χ4v) is 2.62. The molecule has 2 aliphatic rings. The van der Waals surface area contributed by atoms with Crippen LogP contribution in [0.5, 0.6) is 0 Å². The quantitative estimate of drug-likeness (QED) is 0.718. The van der Waals surface area contributed by atoms with Crippen molar-refractivity contribution in [2.24, 2.45) is 11.7 Å². The molecule has 1 atom stereocenters. The molecule has 0 aromatic carbocycles. The Morgan fingerprint density at radius 1 is 1.46 bits per heavy atom. The SMILES string of the molecule is CCC1CCCN(C2(CN)CC2)C1. The maximum Gasteiger partial charge on any atom is 0.0333 e. The Balaban J connectivity index is 1.92. The minimum Gasteiger partial charge on any atom is -0.329 e. The number of piperidine rings is 1. The van der Waals surface area contributed by atoms with E-state index in [0.717, 1.165) is 12.5 Å². The molecule has 0 aromatic rings. The number of likely N-dealkylation sites (tertiary alicyclic amines) is 1. The second kappa shape index (κ2) is 3.58. The number of hydrogen-bond acceptors (Lipinski definition) is 2. The normalized spacial score (nSPS) is 33.2. The van der Waals surface area contributed by atoms with Crippen molar-refractivity contribution < 1.29 is 0 Å². The fourth-order valence-electron chi connectivity index (χ4n) is 2.62. The van der Waals surface area contributed by atoms with Gasteiger partial charge in [0, 0.05) is 18.6 Å². The second-order valence-corrected chi connectivity index (χ2v) is 4.79. The third kappa shape index (κ3) is 1.75. The summed E-state index contributed by atoms with van der Waals surface area (Å²) in [6.07, 6.45) is 6.87. The lowest BCUT2D eigenvalue weighted by atomic mass is 9.94. The van der Waals surface area contributed by atoms with E-state index in [2.05, 4.69) is 11.8 Å². The van der Waals surface area contributed by atoms with Crippen LogP contribution in [0.1, 0.15) is 39.0 Å². The summed E-state index contributed by atoms with van der Waals surface area (Å²) in [5, 5.41) is 0. The first-order valence-corrected chi connectivity index (χ1v) is 5.76. The van der Waals surface area contributed by atoms with Crippen LogP contribution in [0.4, 0.5) is 0 Å². The highest BCUT2D eigenvalue weighted by molar-refractivity contribution is 5.05. The highest BCUT2D eigenvalue weighted by Gasteiger charge is 2.47. The van der Waals surface area contributed by atoms with Crippen molar-refractivity contribution in [3.63, 3.8) is 0 Å². The van der Waals surface area contributed by atoms with Gasteiger partial charge in [-0.25, -0.2) is 0 Å². The summed E-state index contributed by atoms with van der Waals surface area (Å²) < 4.78 is 0. The molecule has 2 nitrogen and oxygen atoms in total. The van der Waals surface area contributed by atoms with Crippen molar-refractivity contribution in [3.05, 3.63) is 0 Å². The van der Waals surface area contributed by atoms with E-state index in [4.69, 9.17) is 5.73 Å². The molecule has 1 saturated carbocycles. The number of nitrogens with two attached hydrogens (primary N) is 1. The highest BCUT2D eigenvalue weighted by Crippen LogP contribution is 2.42. The van der Waals surface area contributed by atoms with Gasteiger partial charge in [-0.3, -0.25) is 4.90 Å². The van der Waals surface area contributed by atoms with Crippen molar-refractivity contribution in [1.82, 2.24) is 4.90 Å². The third-order valence-electron chi connectivity index (χ3n) is 3.97. The summed E-state index contributed by atoms with van der Waals surface area (Å²) in [7, 11) is 0. The molecule has 76 valence electrons. The Bertz CT molecular complexity index is 175. The minimum absolute atomic E-state index is 0.452. The standard InChI is InChI=1S/C11H22N2/c1-2-10-4-3-7-13(8-10)11(9-12)5-6-11/h10H,2-9,12H2,1H3. The lowest BCUT2D eigenvalue weighted by Gasteiger charge is -2.38. The molecule has 1 heterocycles. The summed E-state index contributed by atoms with van der Waals surface area (Å²) in [5.74, 6) is 0.942. The second-order valence-electron chi connectivity index (χ2n) is 4.79. The van der Waals surface area contributed by atoms with Crippen molar-refractivity contribution >= 4 is 0 Å². The van der Waals surface area contributed by atoms with Gasteiger partial charge in [0.2, 0.25) is 0 Å². The van der Waals surface area contributed by atoms with Crippen LogP contribution in [0.15, 0.2) is 0 Å². The summed E-state index contributed by atoms with van der Waals surface area (Å²) in [6.45, 7) is 5.81. The summed E-state index contributed by atoms with van der Waals surface area (Å²) in [4.78, 5) is 2.67. The van der Waals surface area contributed by atoms with Gasteiger partial charge in [-0.1, -0.05) is 13.3 Å². The Kier molecular flexibility index (Phi) is 2.61. The van der Waals surface area contributed by atoms with E-state index in [9.17, 15) is 0 Å². The first-order chi connectivity index (χ1) is 6.30. The maximum atomic E-state index is 5.84. The number of hydrogen-bond donors (Lipinski definition) is 1. The molecule has 1 saturated heterocycles. The van der Waals surface area contributed by atoms with E-state index >= 15 is 0 Å². The Labute approximate surface area is 81.5 Å². The van der Waals surface area contributed by atoms with Gasteiger partial charge in [-0.05, 0) is 38.1 Å². The minimum atomic E-state index is 0.452. The van der Waals surface area contributed by atoms with E-state index < -0.39 is 0 Å². The van der Waals surface area contributed by atoms with Gasteiger partial charge in [0.05, 0.1) is 0 Å². The first-order valence-electron chi connectivity index (χ1n) is 5.76. The predicted octanol–water partition coefficient (Wildman–Crippen LogP) is 1.60. The van der Waals surface area contributed by atoms with Crippen LogP contribution in [-0.4, -0.2) is 30.1 Å². The van der Waals surface area contributed by atoms with Gasteiger partial charge >= 0.3 is 0 Å². The Morgan fingerprint density at radius 2 is 2.23 bits per heavy atom. The first kappa shape index (κ1) is 9.47. The molecule has 1 aliphatic heterocycles. The summed E-state index contributed by atoms with van der Waals surface area (Å²) >= 11 is 0. The maximum absolute atomic E-state index is 5.84. The van der Waals surface area contributed by atoms with Crippen LogP contribution < -0.4 is 5.73 Å². The zero-order valence-electron chi connectivity index (χ0n) is 8.76. The summed E-state index contributed by atoms with van der Waals surface area (Å²) in [5.41, 5.74) is 6.30. The van der Waals surface area contributed by atoms with E-state index in [1.807, 2.05) is 0 Å². The molecule has 2 N–H and O–H groups in total. The molecule has 0 amide bonds. The van der Waals surface area contributed by atoms with E-state index in [-0.39, 0.29) is 0 Å². The smallest absolute Gasteiger partial charge is 0.0333 e. The van der Waals surface area contributed by atoms with Gasteiger partial charge in [-0.2, -0.15) is 0 Å². The van der Waals surface area contributed by atoms with E-state index in [0.29, 0.717) is 5.54 Å². The van der Waals surface area contributed by atoms with Crippen LogP contribution >= 0.6 is 0 Å². The topological polar surface area (TPSA) is 29.3 Å². The molecular formula is C11H22N2. The molecule has 2 fully saturated rings. The lowest BCUT2D eigenvalue weighted by Crippen LogP contribution is -2.48. The highest BCUT2D eigenvalue weighted by atomic mass is 15.2. The Hall–Kier alpha value is -0.0800. The zero-order chi connectivity index (χ0) is 9.31. The van der Waals surface area contributed by atoms with Gasteiger partial charge in [0.1, 0.15) is 0 Å². The fraction of sp³-hybridized carbons (Fsp3) is 1.00. The zero-order valence-corrected chi connectivity index (χ0v) is 8.76. The van der Waals surface area contributed by atoms with Gasteiger partial charge in [-0.15, -0.1) is 0 Å². The van der Waals surface area contributed by atoms with Gasteiger partial charge < -0.3 is 5.73 Å². The summed E-state index contributed by atoms with van der Waals surface area (Å²) in [6, 6.07) is 0. The van der Waals surface area contributed by atoms with Crippen LogP contribution in [0.25, 0.3) is 0 Å². The molecule has 0 aromatic heterocycles. The Morgan fingerprint density at radius 3 is 2.77 bits per heavy atom. The molecule has 1 aliphatic carbocycles. The van der Waals surface area contributed by atoms with Crippen LogP contribution in [0.2, 0.25) is 0 Å². The molecular weight excluding hydrogens is 160 g/mol. The van der Waals surface area contributed by atoms with Crippen molar-refractivity contribution in [2.75, 3.05) is 19.6 Å². The van der Waals surface area contributed by atoms with Crippen LogP contribution in [0.3, 0.4) is 0 Å². The molecule has 13 heavy (non-hydrogen) atoms. The molecule has 0 bridgehead atoms. The van der Waals surface area contributed by atoms with Crippen molar-refractivity contribution in [2.45, 2.75) is 44.6 Å². The molecule has 2 heteroatoms. The van der Waals surface area contributed by atoms with E-state index in [1.54, 1.807) is 0 Å². The molecule has 2 rings (SSSR count). The monoisotopic (exact) mass is 182 g/mol. The van der Waals surface area contributed by atoms with Crippen LogP contribution in [-0.2, 0) is 0 Å². The predicted molar refractivity (Wildman–Crippen MR) is 55.6 cm³/mol. The van der Waals surface area contributed by atoms with Crippen molar-refractivity contribution in [3.8, 4) is 0 Å². The number of nitrogens with zero attached hydrogens (tertiary/aromatic N) is 1. The number of rotatable bonds is 3.